The van der Waals surface area contributed by atoms with Crippen LogP contribution in [0, 0.1) is 56.7 Å². The van der Waals surface area contributed by atoms with Gasteiger partial charge in [0.2, 0.25) is 0 Å². The number of aliphatic hydroxyl groups excluding tert-OH is 1. The topological polar surface area (TPSA) is 46.5 Å². The van der Waals surface area contributed by atoms with Crippen molar-refractivity contribution in [2.24, 2.45) is 56.7 Å². The van der Waals surface area contributed by atoms with Gasteiger partial charge in [-0.3, -0.25) is 4.79 Å². The van der Waals surface area contributed by atoms with Crippen LogP contribution in [-0.4, -0.2) is 54.4 Å². The van der Waals surface area contributed by atoms with E-state index in [2.05, 4.69) is 75.3 Å². The van der Waals surface area contributed by atoms with Crippen molar-refractivity contribution in [2.45, 2.75) is 133 Å². The highest BCUT2D eigenvalue weighted by Gasteiger charge is 2.69. The van der Waals surface area contributed by atoms with Crippen molar-refractivity contribution in [3.8, 4) is 0 Å². The molecule has 4 saturated carbocycles. The van der Waals surface area contributed by atoms with Crippen LogP contribution < -0.4 is 17.0 Å². The van der Waals surface area contributed by atoms with Crippen molar-refractivity contribution in [2.75, 3.05) is 32.8 Å². The maximum absolute atomic E-state index is 14.4. The lowest BCUT2D eigenvalue weighted by Gasteiger charge is -2.71. The Morgan fingerprint density at radius 1 is 0.907 bits per heavy atom. The van der Waals surface area contributed by atoms with Gasteiger partial charge in [0.1, 0.15) is 13.2 Å². The van der Waals surface area contributed by atoms with Gasteiger partial charge in [-0.2, -0.15) is 0 Å². The fourth-order valence-corrected chi connectivity index (χ4v) is 12.5. The molecular weight excluding hydrogens is 598 g/mol. The fourth-order valence-electron chi connectivity index (χ4n) is 12.5. The first-order chi connectivity index (χ1) is 19.6. The molecule has 5 heteroatoms. The predicted molar refractivity (Wildman–Crippen MR) is 173 cm³/mol. The molecule has 0 aliphatic heterocycles. The van der Waals surface area contributed by atoms with Gasteiger partial charge >= 0.3 is 5.97 Å². The largest absolute Gasteiger partial charge is 1.00 e. The lowest BCUT2D eigenvalue weighted by atomic mass is 9.33. The van der Waals surface area contributed by atoms with E-state index in [0.717, 1.165) is 75.6 Å². The number of likely N-dealkylation sites (N-methyl/N-ethyl adjacent to an activating group) is 1. The van der Waals surface area contributed by atoms with Gasteiger partial charge in [0.15, 0.2) is 0 Å². The molecule has 0 aromatic heterocycles. The molecule has 5 aliphatic carbocycles. The van der Waals surface area contributed by atoms with E-state index in [-0.39, 0.29) is 56.1 Å². The number of hydrogen-bond acceptors (Lipinski definition) is 3. The zero-order chi connectivity index (χ0) is 30.9. The van der Waals surface area contributed by atoms with Crippen LogP contribution in [0.15, 0.2) is 11.6 Å². The molecule has 4 fully saturated rings. The quantitative estimate of drug-likeness (QED) is 0.225. The molecule has 1 N–H and O–H groups in total. The van der Waals surface area contributed by atoms with Crippen molar-refractivity contribution in [1.29, 1.82) is 0 Å². The van der Waals surface area contributed by atoms with Crippen molar-refractivity contribution in [3.05, 3.63) is 11.6 Å². The third-order valence-electron chi connectivity index (χ3n) is 16.2. The number of carbonyl (C=O) groups is 1. The SMILES string of the molecule is CC[N+](CC)(CC)CCOC(=O)[C@]12CC[C@@H](C)[C@H](C)[C@H]1C1=CC[C@@H]3[C@@]4(C)CC[C@H](O)C(C)(C)[C@@H]4CC[C@@]3(C)[C@]1(C)CC2.[Br-]. The van der Waals surface area contributed by atoms with E-state index in [0.29, 0.717) is 36.2 Å². The number of aliphatic hydroxyl groups is 1. The number of halogens is 1. The standard InChI is InChI=1S/C38H66NO3.BrH/c1-11-39(12-2,13-3)24-25-42-33(41)38-21-16-26(4)27(5)32(38)28-14-15-30-35(8)19-18-31(40)34(6,7)29(35)17-20-37(30,10)36(28,9)22-23-38;/h14,26-27,29-32,40H,11-13,15-25H2,1-10H3;1H/q+1;/p-1/t26-,27+,29+,30-,31+,32+,35+,36-,37-,38+;/m1./s1. The molecule has 0 unspecified atom stereocenters. The molecule has 43 heavy (non-hydrogen) atoms. The van der Waals surface area contributed by atoms with Crippen LogP contribution in [0.3, 0.4) is 0 Å². The third-order valence-corrected chi connectivity index (χ3v) is 16.2. The lowest BCUT2D eigenvalue weighted by Crippen LogP contribution is -3.00. The molecule has 0 amide bonds. The summed E-state index contributed by atoms with van der Waals surface area (Å²) in [7, 11) is 0. The number of carbonyl (C=O) groups excluding carboxylic acids is 1. The molecule has 0 saturated heterocycles. The molecule has 4 nitrogen and oxygen atoms in total. The van der Waals surface area contributed by atoms with Crippen molar-refractivity contribution in [3.63, 3.8) is 0 Å². The van der Waals surface area contributed by atoms with Gasteiger partial charge in [-0.15, -0.1) is 0 Å². The second-order valence-corrected chi connectivity index (χ2v) is 17.3. The summed E-state index contributed by atoms with van der Waals surface area (Å²) in [5, 5.41) is 11.0. The fraction of sp³-hybridized carbons (Fsp3) is 0.921. The summed E-state index contributed by atoms with van der Waals surface area (Å²) in [6, 6.07) is 0. The highest BCUT2D eigenvalue weighted by atomic mass is 79.9. The minimum absolute atomic E-state index is 0. The zero-order valence-electron chi connectivity index (χ0n) is 29.5. The summed E-state index contributed by atoms with van der Waals surface area (Å²) >= 11 is 0. The summed E-state index contributed by atoms with van der Waals surface area (Å²) < 4.78 is 7.37. The first-order valence-corrected chi connectivity index (χ1v) is 18.0. The van der Waals surface area contributed by atoms with Crippen LogP contribution in [0.4, 0.5) is 0 Å². The van der Waals surface area contributed by atoms with Crippen molar-refractivity contribution < 1.29 is 36.1 Å². The Morgan fingerprint density at radius 2 is 1.56 bits per heavy atom. The van der Waals surface area contributed by atoms with Crippen LogP contribution in [0.1, 0.15) is 127 Å². The van der Waals surface area contributed by atoms with E-state index in [1.54, 1.807) is 5.57 Å². The molecule has 0 aromatic rings. The van der Waals surface area contributed by atoms with Gasteiger partial charge in [-0.1, -0.05) is 60.1 Å². The molecule has 0 radical (unpaired) electrons. The van der Waals surface area contributed by atoms with E-state index in [1.807, 2.05) is 0 Å². The van der Waals surface area contributed by atoms with Crippen molar-refractivity contribution >= 4 is 5.97 Å². The zero-order valence-corrected chi connectivity index (χ0v) is 31.1. The van der Waals surface area contributed by atoms with Crippen molar-refractivity contribution in [1.82, 2.24) is 0 Å². The number of ether oxygens (including phenoxy) is 1. The number of quaternary nitrogens is 1. The summed E-state index contributed by atoms with van der Waals surface area (Å²) in [5.41, 5.74) is 1.82. The molecule has 0 heterocycles. The van der Waals surface area contributed by atoms with Gasteiger partial charge in [-0.05, 0) is 130 Å². The third kappa shape index (κ3) is 4.97. The van der Waals surface area contributed by atoms with Crippen LogP contribution in [-0.2, 0) is 9.53 Å². The van der Waals surface area contributed by atoms with Crippen LogP contribution in [0.25, 0.3) is 0 Å². The monoisotopic (exact) mass is 663 g/mol. The second-order valence-electron chi connectivity index (χ2n) is 17.3. The number of allylic oxidation sites excluding steroid dienone is 2. The predicted octanol–water partition coefficient (Wildman–Crippen LogP) is 5.43. The van der Waals surface area contributed by atoms with E-state index in [4.69, 9.17) is 4.74 Å². The minimum atomic E-state index is -0.362. The van der Waals surface area contributed by atoms with Gasteiger partial charge in [0.05, 0.1) is 31.2 Å². The maximum Gasteiger partial charge on any atom is 0.312 e. The Kier molecular flexibility index (Phi) is 9.90. The Morgan fingerprint density at radius 3 is 2.19 bits per heavy atom. The molecule has 0 spiro atoms. The number of esters is 1. The molecule has 5 aliphatic rings. The number of hydrogen-bond donors (Lipinski definition) is 1. The molecule has 10 atom stereocenters. The van der Waals surface area contributed by atoms with E-state index < -0.39 is 0 Å². The molecule has 248 valence electrons. The number of rotatable bonds is 7. The molecule has 0 bridgehead atoms. The molecule has 0 aromatic carbocycles. The molecular formula is C38H66BrNO3. The Balaban J connectivity index is 0.00000423. The van der Waals surface area contributed by atoms with Gasteiger partial charge in [-0.25, -0.2) is 0 Å². The van der Waals surface area contributed by atoms with Gasteiger partial charge in [0, 0.05) is 0 Å². The Hall–Kier alpha value is -0.390. The molecule has 5 rings (SSSR count). The number of fused-ring (bicyclic) bond motifs is 7. The summed E-state index contributed by atoms with van der Waals surface area (Å²) in [6.07, 6.45) is 12.3. The second kappa shape index (κ2) is 12.0. The van der Waals surface area contributed by atoms with Crippen LogP contribution in [0.2, 0.25) is 0 Å². The van der Waals surface area contributed by atoms with Gasteiger partial charge < -0.3 is 31.3 Å². The first kappa shape index (κ1) is 35.5. The summed E-state index contributed by atoms with van der Waals surface area (Å²) in [6.45, 7) is 28.9. The van der Waals surface area contributed by atoms with E-state index in [9.17, 15) is 9.90 Å². The number of nitrogens with zero attached hydrogens (tertiary/aromatic N) is 1. The van der Waals surface area contributed by atoms with Gasteiger partial charge in [0.25, 0.3) is 0 Å². The Labute approximate surface area is 275 Å². The Bertz CT molecular complexity index is 1060. The maximum atomic E-state index is 14.4. The highest BCUT2D eigenvalue weighted by Crippen LogP contribution is 2.75. The van der Waals surface area contributed by atoms with Crippen LogP contribution in [0.5, 0.6) is 0 Å². The normalized spacial score (nSPS) is 45.3. The van der Waals surface area contributed by atoms with Crippen LogP contribution >= 0.6 is 0 Å². The average Bonchev–Trinajstić information content (AvgIpc) is 2.96. The summed E-state index contributed by atoms with van der Waals surface area (Å²) in [5.74, 6) is 2.72. The summed E-state index contributed by atoms with van der Waals surface area (Å²) in [4.78, 5) is 14.4. The lowest BCUT2D eigenvalue weighted by molar-refractivity contribution is -0.923. The minimum Gasteiger partial charge on any atom is -1.00 e. The van der Waals surface area contributed by atoms with E-state index in [1.165, 1.54) is 12.8 Å². The highest BCUT2D eigenvalue weighted by molar-refractivity contribution is 5.79. The average molecular weight is 665 g/mol. The first-order valence-electron chi connectivity index (χ1n) is 18.0. The smallest absolute Gasteiger partial charge is 0.312 e. The van der Waals surface area contributed by atoms with E-state index >= 15 is 0 Å².